The van der Waals surface area contributed by atoms with E-state index < -0.39 is 14.9 Å². The third-order valence-electron chi connectivity index (χ3n) is 3.31. The highest BCUT2D eigenvalue weighted by molar-refractivity contribution is 7.92. The maximum Gasteiger partial charge on any atom is 0.271 e. The Kier molecular flexibility index (Phi) is 4.18. The molecule has 0 aliphatic heterocycles. The number of non-ortho nitro benzene ring substituents is 1. The number of benzene rings is 2. The lowest BCUT2D eigenvalue weighted by Gasteiger charge is -2.12. The summed E-state index contributed by atoms with van der Waals surface area (Å²) in [7, 11) is -3.80. The first-order valence-corrected chi connectivity index (χ1v) is 8.04. The summed E-state index contributed by atoms with van der Waals surface area (Å²) in [5.41, 5.74) is 2.08. The highest BCUT2D eigenvalue weighted by Crippen LogP contribution is 2.26. The lowest BCUT2D eigenvalue weighted by atomic mass is 10.2. The number of nitrogens with zero attached hydrogens (tertiary/aromatic N) is 1. The van der Waals surface area contributed by atoms with Gasteiger partial charge in [0.1, 0.15) is 0 Å². The number of aryl methyl sites for hydroxylation is 3. The van der Waals surface area contributed by atoms with Gasteiger partial charge in [-0.15, -0.1) is 0 Å². The van der Waals surface area contributed by atoms with Gasteiger partial charge in [0.05, 0.1) is 15.5 Å². The molecule has 0 bridgehead atoms. The molecular formula is C15H16N2O4S. The minimum atomic E-state index is -3.80. The fraction of sp³-hybridized carbons (Fsp3) is 0.200. The van der Waals surface area contributed by atoms with E-state index in [1.807, 2.05) is 6.07 Å². The third kappa shape index (κ3) is 3.25. The van der Waals surface area contributed by atoms with E-state index in [1.54, 1.807) is 32.9 Å². The lowest BCUT2D eigenvalue weighted by molar-refractivity contribution is -0.384. The van der Waals surface area contributed by atoms with Crippen molar-refractivity contribution in [2.45, 2.75) is 25.7 Å². The summed E-state index contributed by atoms with van der Waals surface area (Å²) in [6, 6.07) is 9.20. The summed E-state index contributed by atoms with van der Waals surface area (Å²) >= 11 is 0. The summed E-state index contributed by atoms with van der Waals surface area (Å²) in [5, 5.41) is 10.8. The Morgan fingerprint density at radius 1 is 1.00 bits per heavy atom. The van der Waals surface area contributed by atoms with Crippen LogP contribution in [0.25, 0.3) is 0 Å². The third-order valence-corrected chi connectivity index (χ3v) is 4.82. The molecule has 0 atom stereocenters. The van der Waals surface area contributed by atoms with E-state index in [-0.39, 0.29) is 16.3 Å². The molecule has 7 heteroatoms. The van der Waals surface area contributed by atoms with E-state index in [4.69, 9.17) is 0 Å². The Balaban J connectivity index is 2.47. The zero-order chi connectivity index (χ0) is 16.5. The van der Waals surface area contributed by atoms with E-state index in [2.05, 4.69) is 4.72 Å². The topological polar surface area (TPSA) is 89.3 Å². The van der Waals surface area contributed by atoms with Crippen LogP contribution in [0.1, 0.15) is 16.7 Å². The largest absolute Gasteiger partial charge is 0.279 e. The van der Waals surface area contributed by atoms with Gasteiger partial charge in [0.2, 0.25) is 0 Å². The zero-order valence-electron chi connectivity index (χ0n) is 12.5. The van der Waals surface area contributed by atoms with E-state index >= 15 is 0 Å². The van der Waals surface area contributed by atoms with E-state index in [9.17, 15) is 18.5 Å². The SMILES string of the molecule is Cc1ccc(C)c(S(=O)(=O)Nc2cc([N+](=O)[O-])ccc2C)c1. The molecule has 0 fully saturated rings. The van der Waals surface area contributed by atoms with E-state index in [1.165, 1.54) is 18.2 Å². The zero-order valence-corrected chi connectivity index (χ0v) is 13.3. The van der Waals surface area contributed by atoms with Crippen LogP contribution in [0, 0.1) is 30.9 Å². The van der Waals surface area contributed by atoms with Crippen LogP contribution in [-0.2, 0) is 10.0 Å². The Bertz CT molecular complexity index is 845. The molecular weight excluding hydrogens is 304 g/mol. The van der Waals surface area contributed by atoms with Crippen molar-refractivity contribution >= 4 is 21.4 Å². The molecule has 1 N–H and O–H groups in total. The number of sulfonamides is 1. The molecule has 22 heavy (non-hydrogen) atoms. The van der Waals surface area contributed by atoms with Gasteiger partial charge in [0.15, 0.2) is 0 Å². The quantitative estimate of drug-likeness (QED) is 0.691. The van der Waals surface area contributed by atoms with E-state index in [0.29, 0.717) is 11.1 Å². The van der Waals surface area contributed by atoms with Gasteiger partial charge in [-0.25, -0.2) is 8.42 Å². The van der Waals surface area contributed by atoms with Gasteiger partial charge < -0.3 is 0 Å². The number of nitro groups is 1. The maximum absolute atomic E-state index is 12.5. The normalized spacial score (nSPS) is 11.2. The summed E-state index contributed by atoms with van der Waals surface area (Å²) in [5.74, 6) is 0. The highest BCUT2D eigenvalue weighted by atomic mass is 32.2. The van der Waals surface area contributed by atoms with Gasteiger partial charge in [-0.2, -0.15) is 0 Å². The van der Waals surface area contributed by atoms with Crippen LogP contribution in [0.5, 0.6) is 0 Å². The van der Waals surface area contributed by atoms with Crippen LogP contribution in [0.3, 0.4) is 0 Å². The van der Waals surface area contributed by atoms with Crippen LogP contribution >= 0.6 is 0 Å². The van der Waals surface area contributed by atoms with Gasteiger partial charge in [-0.3, -0.25) is 14.8 Å². The summed E-state index contributed by atoms with van der Waals surface area (Å²) < 4.78 is 27.5. The Labute approximate surface area is 129 Å². The van der Waals surface area contributed by atoms with Crippen molar-refractivity contribution in [2.75, 3.05) is 4.72 Å². The summed E-state index contributed by atoms with van der Waals surface area (Å²) in [6.45, 7) is 5.19. The van der Waals surface area contributed by atoms with Crippen molar-refractivity contribution in [1.29, 1.82) is 0 Å². The Morgan fingerprint density at radius 2 is 1.64 bits per heavy atom. The summed E-state index contributed by atoms with van der Waals surface area (Å²) in [6.07, 6.45) is 0. The van der Waals surface area contributed by atoms with Crippen LogP contribution in [0.15, 0.2) is 41.3 Å². The van der Waals surface area contributed by atoms with Crippen molar-refractivity contribution < 1.29 is 13.3 Å². The molecule has 0 amide bonds. The van der Waals surface area contributed by atoms with Crippen molar-refractivity contribution in [3.63, 3.8) is 0 Å². The molecule has 0 aliphatic rings. The van der Waals surface area contributed by atoms with Gasteiger partial charge in [-0.1, -0.05) is 18.2 Å². The molecule has 0 aliphatic carbocycles. The minimum absolute atomic E-state index is 0.163. The molecule has 0 heterocycles. The molecule has 2 aromatic carbocycles. The first kappa shape index (κ1) is 16.0. The van der Waals surface area contributed by atoms with Gasteiger partial charge in [-0.05, 0) is 43.5 Å². The predicted molar refractivity (Wildman–Crippen MR) is 84.6 cm³/mol. The van der Waals surface area contributed by atoms with Crippen molar-refractivity contribution in [1.82, 2.24) is 0 Å². The maximum atomic E-state index is 12.5. The molecule has 0 saturated carbocycles. The minimum Gasteiger partial charge on any atom is -0.279 e. The van der Waals surface area contributed by atoms with Crippen molar-refractivity contribution in [2.24, 2.45) is 0 Å². The second kappa shape index (κ2) is 5.76. The van der Waals surface area contributed by atoms with Gasteiger partial charge >= 0.3 is 0 Å². The molecule has 2 rings (SSSR count). The Morgan fingerprint density at radius 3 is 2.27 bits per heavy atom. The predicted octanol–water partition coefficient (Wildman–Crippen LogP) is 3.32. The summed E-state index contributed by atoms with van der Waals surface area (Å²) in [4.78, 5) is 10.4. The molecule has 0 spiro atoms. The average Bonchev–Trinajstić information content (AvgIpc) is 2.43. The highest BCUT2D eigenvalue weighted by Gasteiger charge is 2.19. The fourth-order valence-corrected chi connectivity index (χ4v) is 3.48. The van der Waals surface area contributed by atoms with Crippen molar-refractivity contribution in [3.8, 4) is 0 Å². The second-order valence-electron chi connectivity index (χ2n) is 5.13. The molecule has 0 unspecified atom stereocenters. The molecule has 0 aromatic heterocycles. The lowest BCUT2D eigenvalue weighted by Crippen LogP contribution is -2.15. The van der Waals surface area contributed by atoms with E-state index in [0.717, 1.165) is 5.56 Å². The molecule has 0 saturated heterocycles. The van der Waals surface area contributed by atoms with Crippen LogP contribution in [0.4, 0.5) is 11.4 Å². The molecule has 116 valence electrons. The van der Waals surface area contributed by atoms with Gasteiger partial charge in [0.25, 0.3) is 15.7 Å². The standard InChI is InChI=1S/C15H16N2O4S/c1-10-4-5-12(3)15(8-10)22(20,21)16-14-9-13(17(18)19)7-6-11(14)2/h4-9,16H,1-3H3. The molecule has 6 nitrogen and oxygen atoms in total. The molecule has 2 aromatic rings. The van der Waals surface area contributed by atoms with Gasteiger partial charge in [0, 0.05) is 12.1 Å². The number of anilines is 1. The average molecular weight is 320 g/mol. The molecule has 0 radical (unpaired) electrons. The monoisotopic (exact) mass is 320 g/mol. The first-order chi connectivity index (χ1) is 10.2. The van der Waals surface area contributed by atoms with Crippen LogP contribution in [0.2, 0.25) is 0 Å². The van der Waals surface area contributed by atoms with Crippen LogP contribution in [-0.4, -0.2) is 13.3 Å². The second-order valence-corrected chi connectivity index (χ2v) is 6.78. The Hall–Kier alpha value is -2.41. The van der Waals surface area contributed by atoms with Crippen LogP contribution < -0.4 is 4.72 Å². The van der Waals surface area contributed by atoms with Crippen molar-refractivity contribution in [3.05, 3.63) is 63.2 Å². The fourth-order valence-electron chi connectivity index (χ4n) is 2.03. The number of hydrogen-bond donors (Lipinski definition) is 1. The number of nitrogens with one attached hydrogen (secondary N) is 1. The smallest absolute Gasteiger partial charge is 0.271 e. The number of hydrogen-bond acceptors (Lipinski definition) is 4. The number of rotatable bonds is 4. The number of nitro benzene ring substituents is 1. The first-order valence-electron chi connectivity index (χ1n) is 6.56.